The van der Waals surface area contributed by atoms with Gasteiger partial charge in [0.25, 0.3) is 5.91 Å². The molecule has 2 heterocycles. The standard InChI is InChI=1S/C23H29N5O3/c29-22(19-7-4-8-21(13-19)31-16-18-5-2-1-3-6-18)27-9-11-28(12-10-27)23(30)26-20-14-24-17-25-15-20/h4,7-8,13-15,17-18H,1-3,5-6,9-12,16H2,(H,26,30). The fourth-order valence-corrected chi connectivity index (χ4v) is 4.15. The van der Waals surface area contributed by atoms with Gasteiger partial charge in [0.05, 0.1) is 24.7 Å². The molecule has 1 aromatic carbocycles. The summed E-state index contributed by atoms with van der Waals surface area (Å²) in [5.41, 5.74) is 1.18. The fourth-order valence-electron chi connectivity index (χ4n) is 4.15. The molecule has 0 atom stereocenters. The summed E-state index contributed by atoms with van der Waals surface area (Å²) in [6.07, 6.45) is 10.9. The van der Waals surface area contributed by atoms with Crippen LogP contribution in [0.5, 0.6) is 5.75 Å². The van der Waals surface area contributed by atoms with E-state index in [1.165, 1.54) is 38.4 Å². The Kier molecular flexibility index (Phi) is 6.96. The summed E-state index contributed by atoms with van der Waals surface area (Å²) in [4.78, 5) is 36.6. The summed E-state index contributed by atoms with van der Waals surface area (Å²) < 4.78 is 5.99. The average molecular weight is 424 g/mol. The third kappa shape index (κ3) is 5.71. The van der Waals surface area contributed by atoms with Crippen molar-refractivity contribution < 1.29 is 14.3 Å². The van der Waals surface area contributed by atoms with E-state index < -0.39 is 0 Å². The maximum absolute atomic E-state index is 13.0. The lowest BCUT2D eigenvalue weighted by atomic mass is 9.90. The van der Waals surface area contributed by atoms with E-state index in [0.29, 0.717) is 43.3 Å². The lowest BCUT2D eigenvalue weighted by Gasteiger charge is -2.34. The van der Waals surface area contributed by atoms with Crippen LogP contribution in [0.2, 0.25) is 0 Å². The smallest absolute Gasteiger partial charge is 0.322 e. The molecule has 1 saturated carbocycles. The highest BCUT2D eigenvalue weighted by atomic mass is 16.5. The van der Waals surface area contributed by atoms with Gasteiger partial charge >= 0.3 is 6.03 Å². The second-order valence-electron chi connectivity index (χ2n) is 8.18. The molecule has 4 rings (SSSR count). The van der Waals surface area contributed by atoms with E-state index in [1.807, 2.05) is 24.3 Å². The van der Waals surface area contributed by atoms with Crippen LogP contribution >= 0.6 is 0 Å². The van der Waals surface area contributed by atoms with Crippen LogP contribution in [-0.2, 0) is 0 Å². The van der Waals surface area contributed by atoms with Crippen molar-refractivity contribution in [3.05, 3.63) is 48.5 Å². The number of rotatable bonds is 5. The minimum absolute atomic E-state index is 0.0281. The van der Waals surface area contributed by atoms with Gasteiger partial charge in [-0.15, -0.1) is 0 Å². The highest BCUT2D eigenvalue weighted by molar-refractivity contribution is 5.95. The lowest BCUT2D eigenvalue weighted by molar-refractivity contribution is 0.0671. The zero-order chi connectivity index (χ0) is 21.5. The molecule has 2 aromatic rings. The quantitative estimate of drug-likeness (QED) is 0.796. The molecule has 1 N–H and O–H groups in total. The molecule has 0 radical (unpaired) electrons. The summed E-state index contributed by atoms with van der Waals surface area (Å²) in [5.74, 6) is 1.34. The number of piperazine rings is 1. The number of urea groups is 1. The van der Waals surface area contributed by atoms with Gasteiger partial charge in [0.2, 0.25) is 0 Å². The van der Waals surface area contributed by atoms with Crippen LogP contribution in [0.25, 0.3) is 0 Å². The zero-order valence-corrected chi connectivity index (χ0v) is 17.7. The molecule has 0 spiro atoms. The number of nitrogens with one attached hydrogen (secondary N) is 1. The van der Waals surface area contributed by atoms with E-state index in [4.69, 9.17) is 4.74 Å². The van der Waals surface area contributed by atoms with Gasteiger partial charge in [-0.2, -0.15) is 0 Å². The summed E-state index contributed by atoms with van der Waals surface area (Å²) in [7, 11) is 0. The first-order chi connectivity index (χ1) is 15.2. The Morgan fingerprint density at radius 2 is 1.71 bits per heavy atom. The molecule has 1 aliphatic carbocycles. The first-order valence-electron chi connectivity index (χ1n) is 11.0. The number of benzene rings is 1. The van der Waals surface area contributed by atoms with Gasteiger partial charge in [-0.1, -0.05) is 25.3 Å². The Bertz CT molecular complexity index is 878. The number of nitrogens with zero attached hydrogens (tertiary/aromatic N) is 4. The Morgan fingerprint density at radius 3 is 2.45 bits per heavy atom. The number of carbonyl (C=O) groups excluding carboxylic acids is 2. The maximum Gasteiger partial charge on any atom is 0.322 e. The van der Waals surface area contributed by atoms with Gasteiger partial charge in [0.15, 0.2) is 0 Å². The molecule has 31 heavy (non-hydrogen) atoms. The van der Waals surface area contributed by atoms with Crippen molar-refractivity contribution in [2.75, 3.05) is 38.1 Å². The van der Waals surface area contributed by atoms with E-state index in [2.05, 4.69) is 15.3 Å². The highest BCUT2D eigenvalue weighted by Gasteiger charge is 2.25. The Labute approximate surface area is 182 Å². The number of hydrogen-bond acceptors (Lipinski definition) is 5. The van der Waals surface area contributed by atoms with Crippen LogP contribution in [0.4, 0.5) is 10.5 Å². The van der Waals surface area contributed by atoms with Crippen molar-refractivity contribution >= 4 is 17.6 Å². The van der Waals surface area contributed by atoms with Crippen LogP contribution < -0.4 is 10.1 Å². The molecule has 8 heteroatoms. The molecule has 1 saturated heterocycles. The molecule has 2 aliphatic rings. The maximum atomic E-state index is 13.0. The SMILES string of the molecule is O=C(Nc1cncnc1)N1CCN(C(=O)c2cccc(OCC3CCCCC3)c2)CC1. The molecule has 1 aliphatic heterocycles. The molecule has 3 amide bonds. The number of anilines is 1. The predicted molar refractivity (Wildman–Crippen MR) is 117 cm³/mol. The van der Waals surface area contributed by atoms with Gasteiger partial charge in [0, 0.05) is 31.7 Å². The number of amides is 3. The average Bonchev–Trinajstić information content (AvgIpc) is 2.84. The Hall–Kier alpha value is -3.16. The van der Waals surface area contributed by atoms with Gasteiger partial charge in [-0.3, -0.25) is 4.79 Å². The highest BCUT2D eigenvalue weighted by Crippen LogP contribution is 2.25. The van der Waals surface area contributed by atoms with Crippen molar-refractivity contribution in [1.29, 1.82) is 0 Å². The Balaban J connectivity index is 1.27. The molecule has 1 aromatic heterocycles. The molecule has 164 valence electrons. The largest absolute Gasteiger partial charge is 0.493 e. The number of ether oxygens (including phenoxy) is 1. The van der Waals surface area contributed by atoms with Crippen LogP contribution in [0.1, 0.15) is 42.5 Å². The summed E-state index contributed by atoms with van der Waals surface area (Å²) >= 11 is 0. The molecular weight excluding hydrogens is 394 g/mol. The van der Waals surface area contributed by atoms with Gasteiger partial charge < -0.3 is 19.9 Å². The number of carbonyl (C=O) groups is 2. The van der Waals surface area contributed by atoms with E-state index in [0.717, 1.165) is 12.4 Å². The molecule has 8 nitrogen and oxygen atoms in total. The monoisotopic (exact) mass is 423 g/mol. The number of aromatic nitrogens is 2. The van der Waals surface area contributed by atoms with Crippen molar-refractivity contribution in [2.24, 2.45) is 5.92 Å². The van der Waals surface area contributed by atoms with Crippen LogP contribution in [-0.4, -0.2) is 64.5 Å². The second-order valence-corrected chi connectivity index (χ2v) is 8.18. The van der Waals surface area contributed by atoms with Gasteiger partial charge in [-0.25, -0.2) is 14.8 Å². The van der Waals surface area contributed by atoms with Crippen LogP contribution in [0.3, 0.4) is 0 Å². The molecule has 0 unspecified atom stereocenters. The third-order valence-corrected chi connectivity index (χ3v) is 5.96. The van der Waals surface area contributed by atoms with Crippen molar-refractivity contribution in [1.82, 2.24) is 19.8 Å². The fraction of sp³-hybridized carbons (Fsp3) is 0.478. The predicted octanol–water partition coefficient (Wildman–Crippen LogP) is 3.43. The third-order valence-electron chi connectivity index (χ3n) is 5.96. The van der Waals surface area contributed by atoms with Crippen molar-refractivity contribution in [3.63, 3.8) is 0 Å². The Morgan fingerprint density at radius 1 is 1.00 bits per heavy atom. The lowest BCUT2D eigenvalue weighted by Crippen LogP contribution is -2.51. The van der Waals surface area contributed by atoms with Crippen LogP contribution in [0, 0.1) is 5.92 Å². The van der Waals surface area contributed by atoms with E-state index in [1.54, 1.807) is 22.2 Å². The summed E-state index contributed by atoms with van der Waals surface area (Å²) in [5, 5.41) is 2.78. The summed E-state index contributed by atoms with van der Waals surface area (Å²) in [6.45, 7) is 2.65. The normalized spacial score (nSPS) is 17.3. The molecule has 0 bridgehead atoms. The van der Waals surface area contributed by atoms with Crippen molar-refractivity contribution in [2.45, 2.75) is 32.1 Å². The minimum Gasteiger partial charge on any atom is -0.493 e. The zero-order valence-electron chi connectivity index (χ0n) is 17.7. The van der Waals surface area contributed by atoms with Gasteiger partial charge in [-0.05, 0) is 37.0 Å². The minimum atomic E-state index is -0.208. The molecular formula is C23H29N5O3. The van der Waals surface area contributed by atoms with Crippen molar-refractivity contribution in [3.8, 4) is 5.75 Å². The first kappa shape index (κ1) is 21.1. The number of hydrogen-bond donors (Lipinski definition) is 1. The van der Waals surface area contributed by atoms with E-state index in [9.17, 15) is 9.59 Å². The van der Waals surface area contributed by atoms with E-state index >= 15 is 0 Å². The topological polar surface area (TPSA) is 87.7 Å². The summed E-state index contributed by atoms with van der Waals surface area (Å²) in [6, 6.07) is 7.23. The van der Waals surface area contributed by atoms with E-state index in [-0.39, 0.29) is 11.9 Å². The van der Waals surface area contributed by atoms with Gasteiger partial charge in [0.1, 0.15) is 12.1 Å². The van der Waals surface area contributed by atoms with Crippen LogP contribution in [0.15, 0.2) is 43.0 Å². The second kappa shape index (κ2) is 10.2. The first-order valence-corrected chi connectivity index (χ1v) is 11.0. The molecule has 2 fully saturated rings.